The number of nitro benzene ring substituents is 2. The van der Waals surface area contributed by atoms with Crippen molar-refractivity contribution in [2.75, 3.05) is 0 Å². The van der Waals surface area contributed by atoms with Gasteiger partial charge in [-0.1, -0.05) is 36.1 Å². The molecule has 3 rings (SSSR count). The molecule has 1 N–H and O–H groups in total. The largest absolute Gasteiger partial charge is 0.423 e. The Hall–Kier alpha value is -3.64. The van der Waals surface area contributed by atoms with Crippen LogP contribution in [0.1, 0.15) is 15.9 Å². The maximum absolute atomic E-state index is 12.3. The molecule has 29 heavy (non-hydrogen) atoms. The van der Waals surface area contributed by atoms with Gasteiger partial charge in [0, 0.05) is 12.1 Å². The zero-order chi connectivity index (χ0) is 21.1. The number of rotatable bonds is 5. The minimum Gasteiger partial charge on any atom is -0.423 e. The van der Waals surface area contributed by atoms with Crippen LogP contribution in [0.2, 0.25) is 0 Å². The molecule has 12 heteroatoms. The molecule has 0 saturated carbocycles. The fraction of sp³-hybridized carbons (Fsp3) is 0. The maximum atomic E-state index is 12.3. The number of non-ortho nitro benzene ring substituents is 2. The monoisotopic (exact) mass is 431 g/mol. The van der Waals surface area contributed by atoms with Crippen molar-refractivity contribution in [3.63, 3.8) is 0 Å². The Labute approximate surface area is 171 Å². The third-order valence-corrected chi connectivity index (χ3v) is 4.75. The topological polar surface area (TPSA) is 142 Å². The number of nitrogens with one attached hydrogen (secondary N) is 1. The highest BCUT2D eigenvalue weighted by Gasteiger charge is 2.22. The lowest BCUT2D eigenvalue weighted by molar-refractivity contribution is -0.394. The molecule has 1 aliphatic heterocycles. The number of nitro groups is 2. The molecule has 0 unspecified atom stereocenters. The van der Waals surface area contributed by atoms with E-state index in [2.05, 4.69) is 5.32 Å². The van der Waals surface area contributed by atoms with Gasteiger partial charge >= 0.3 is 5.97 Å². The predicted octanol–water partition coefficient (Wildman–Crippen LogP) is 3.21. The molecular formula is C17H9N3O7S2. The highest BCUT2D eigenvalue weighted by molar-refractivity contribution is 8.26. The lowest BCUT2D eigenvalue weighted by Crippen LogP contribution is -2.17. The lowest BCUT2D eigenvalue weighted by Gasteiger charge is -2.05. The van der Waals surface area contributed by atoms with Crippen LogP contribution in [0.15, 0.2) is 47.4 Å². The first kappa shape index (κ1) is 20.1. The molecule has 1 heterocycles. The summed E-state index contributed by atoms with van der Waals surface area (Å²) in [5, 5.41) is 24.3. The van der Waals surface area contributed by atoms with Crippen molar-refractivity contribution in [3.8, 4) is 5.75 Å². The van der Waals surface area contributed by atoms with Gasteiger partial charge in [0.25, 0.3) is 17.3 Å². The zero-order valence-corrected chi connectivity index (χ0v) is 15.8. The zero-order valence-electron chi connectivity index (χ0n) is 14.2. The Morgan fingerprint density at radius 1 is 1.07 bits per heavy atom. The number of hydrogen-bond acceptors (Lipinski definition) is 9. The minimum atomic E-state index is -0.987. The molecule has 0 aliphatic carbocycles. The van der Waals surface area contributed by atoms with Crippen LogP contribution < -0.4 is 10.1 Å². The maximum Gasteiger partial charge on any atom is 0.344 e. The van der Waals surface area contributed by atoms with E-state index in [1.165, 1.54) is 12.1 Å². The number of esters is 1. The molecule has 1 aliphatic rings. The molecule has 2 aromatic rings. The summed E-state index contributed by atoms with van der Waals surface area (Å²) in [5.41, 5.74) is -0.875. The highest BCUT2D eigenvalue weighted by atomic mass is 32.2. The fourth-order valence-electron chi connectivity index (χ4n) is 2.29. The first-order valence-electron chi connectivity index (χ1n) is 7.74. The van der Waals surface area contributed by atoms with Crippen molar-refractivity contribution in [2.45, 2.75) is 0 Å². The van der Waals surface area contributed by atoms with E-state index in [1.54, 1.807) is 18.2 Å². The van der Waals surface area contributed by atoms with Gasteiger partial charge in [-0.25, -0.2) is 4.79 Å². The Balaban J connectivity index is 1.78. The predicted molar refractivity (Wildman–Crippen MR) is 107 cm³/mol. The quantitative estimate of drug-likeness (QED) is 0.188. The summed E-state index contributed by atoms with van der Waals surface area (Å²) in [6.45, 7) is 0. The number of hydrogen-bond donors (Lipinski definition) is 1. The molecule has 1 amide bonds. The Morgan fingerprint density at radius 3 is 2.14 bits per heavy atom. The van der Waals surface area contributed by atoms with Gasteiger partial charge in [-0.3, -0.25) is 25.0 Å². The van der Waals surface area contributed by atoms with E-state index in [0.717, 1.165) is 30.0 Å². The molecule has 1 saturated heterocycles. The first-order chi connectivity index (χ1) is 13.7. The van der Waals surface area contributed by atoms with Crippen LogP contribution >= 0.6 is 24.0 Å². The minimum absolute atomic E-state index is 0.116. The molecule has 146 valence electrons. The average molecular weight is 431 g/mol. The van der Waals surface area contributed by atoms with Crippen molar-refractivity contribution in [1.82, 2.24) is 5.32 Å². The molecule has 0 atom stereocenters. The molecule has 1 fully saturated rings. The van der Waals surface area contributed by atoms with Crippen LogP contribution in [-0.4, -0.2) is 26.0 Å². The van der Waals surface area contributed by atoms with E-state index in [0.29, 0.717) is 14.8 Å². The van der Waals surface area contributed by atoms with Crippen LogP contribution in [0.4, 0.5) is 11.4 Å². The van der Waals surface area contributed by atoms with E-state index >= 15 is 0 Å². The van der Waals surface area contributed by atoms with Gasteiger partial charge in [0.05, 0.1) is 26.4 Å². The summed E-state index contributed by atoms with van der Waals surface area (Å²) in [6, 6.07) is 8.61. The Kier molecular flexibility index (Phi) is 5.66. The number of benzene rings is 2. The van der Waals surface area contributed by atoms with Crippen molar-refractivity contribution in [3.05, 3.63) is 78.7 Å². The van der Waals surface area contributed by atoms with Crippen molar-refractivity contribution < 1.29 is 24.2 Å². The highest BCUT2D eigenvalue weighted by Crippen LogP contribution is 2.27. The summed E-state index contributed by atoms with van der Waals surface area (Å²) in [5.74, 6) is -1.17. The SMILES string of the molecule is O=C1NC(=S)S/C1=C/c1ccc(OC(=O)c2cc([N+](=O)[O-])cc([N+](=O)[O-])c2)cc1. The normalized spacial score (nSPS) is 14.6. The number of amides is 1. The standard InChI is InChI=1S/C17H9N3O7S2/c21-15-14(29-17(28)18-15)5-9-1-3-13(4-2-9)27-16(22)10-6-11(19(23)24)8-12(7-10)20(25)26/h1-8H,(H,18,21,28)/b14-5+. The van der Waals surface area contributed by atoms with Gasteiger partial charge in [0.15, 0.2) is 0 Å². The Morgan fingerprint density at radius 2 is 1.66 bits per heavy atom. The number of thioether (sulfide) groups is 1. The second-order valence-corrected chi connectivity index (χ2v) is 7.28. The van der Waals surface area contributed by atoms with E-state index < -0.39 is 27.2 Å². The number of thiocarbonyl (C=S) groups is 1. The van der Waals surface area contributed by atoms with Crippen LogP contribution in [0.25, 0.3) is 6.08 Å². The first-order valence-corrected chi connectivity index (χ1v) is 8.96. The van der Waals surface area contributed by atoms with Crippen LogP contribution in [-0.2, 0) is 4.79 Å². The van der Waals surface area contributed by atoms with Gasteiger partial charge in [-0.2, -0.15) is 0 Å². The summed E-state index contributed by atoms with van der Waals surface area (Å²) in [6.07, 6.45) is 1.61. The van der Waals surface area contributed by atoms with Gasteiger partial charge in [-0.05, 0) is 23.8 Å². The van der Waals surface area contributed by atoms with Crippen molar-refractivity contribution in [2.24, 2.45) is 0 Å². The second-order valence-electron chi connectivity index (χ2n) is 5.56. The van der Waals surface area contributed by atoms with E-state index in [-0.39, 0.29) is 17.2 Å². The smallest absolute Gasteiger partial charge is 0.344 e. The van der Waals surface area contributed by atoms with Crippen molar-refractivity contribution >= 4 is 57.6 Å². The van der Waals surface area contributed by atoms with Crippen LogP contribution in [0, 0.1) is 20.2 Å². The molecule has 0 radical (unpaired) electrons. The van der Waals surface area contributed by atoms with E-state index in [1.807, 2.05) is 0 Å². The molecule has 10 nitrogen and oxygen atoms in total. The molecule has 0 aromatic heterocycles. The van der Waals surface area contributed by atoms with Crippen LogP contribution in [0.3, 0.4) is 0 Å². The lowest BCUT2D eigenvalue weighted by atomic mass is 10.1. The second kappa shape index (κ2) is 8.16. The molecule has 2 aromatic carbocycles. The summed E-state index contributed by atoms with van der Waals surface area (Å²) in [7, 11) is 0. The van der Waals surface area contributed by atoms with Gasteiger partial charge < -0.3 is 10.1 Å². The summed E-state index contributed by atoms with van der Waals surface area (Å²) in [4.78, 5) is 44.5. The molecule has 0 spiro atoms. The third kappa shape index (κ3) is 4.80. The molecule has 0 bridgehead atoms. The van der Waals surface area contributed by atoms with Crippen molar-refractivity contribution in [1.29, 1.82) is 0 Å². The fourth-order valence-corrected chi connectivity index (χ4v) is 3.34. The summed E-state index contributed by atoms with van der Waals surface area (Å²) < 4.78 is 5.48. The number of nitrogens with zero attached hydrogens (tertiary/aromatic N) is 2. The molecular weight excluding hydrogens is 422 g/mol. The number of ether oxygens (including phenoxy) is 1. The average Bonchev–Trinajstić information content (AvgIpc) is 2.99. The summed E-state index contributed by atoms with van der Waals surface area (Å²) >= 11 is 6.03. The Bertz CT molecular complexity index is 1060. The number of carbonyl (C=O) groups is 2. The van der Waals surface area contributed by atoms with E-state index in [4.69, 9.17) is 17.0 Å². The van der Waals surface area contributed by atoms with Gasteiger partial charge in [0.1, 0.15) is 10.1 Å². The van der Waals surface area contributed by atoms with E-state index in [9.17, 15) is 29.8 Å². The van der Waals surface area contributed by atoms with Gasteiger partial charge in [-0.15, -0.1) is 0 Å². The third-order valence-electron chi connectivity index (χ3n) is 3.59. The van der Waals surface area contributed by atoms with Gasteiger partial charge in [0.2, 0.25) is 0 Å². The van der Waals surface area contributed by atoms with Crippen LogP contribution in [0.5, 0.6) is 5.75 Å². The number of carbonyl (C=O) groups excluding carboxylic acids is 2.